The van der Waals surface area contributed by atoms with E-state index in [4.69, 9.17) is 11.6 Å². The molecule has 2 amide bonds. The third-order valence-electron chi connectivity index (χ3n) is 5.61. The molecule has 1 N–H and O–H groups in total. The van der Waals surface area contributed by atoms with E-state index in [1.165, 1.54) is 9.21 Å². The first-order valence-electron chi connectivity index (χ1n) is 11.8. The van der Waals surface area contributed by atoms with Crippen LogP contribution in [-0.2, 0) is 26.2 Å². The van der Waals surface area contributed by atoms with E-state index in [1.807, 2.05) is 45.0 Å². The number of nitrogens with one attached hydrogen (secondary N) is 1. The monoisotopic (exact) mass is 521 g/mol. The fourth-order valence-electron chi connectivity index (χ4n) is 3.91. The molecule has 0 heterocycles. The van der Waals surface area contributed by atoms with Crippen LogP contribution in [0, 0.1) is 13.8 Å². The number of sulfonamides is 1. The Morgan fingerprint density at radius 2 is 1.74 bits per heavy atom. The molecule has 2 aromatic rings. The van der Waals surface area contributed by atoms with Gasteiger partial charge in [-0.2, -0.15) is 0 Å². The van der Waals surface area contributed by atoms with Crippen LogP contribution in [0.5, 0.6) is 0 Å². The molecule has 1 unspecified atom stereocenters. The normalized spacial score (nSPS) is 12.2. The van der Waals surface area contributed by atoms with Gasteiger partial charge in [0.2, 0.25) is 21.8 Å². The molecule has 0 spiro atoms. The molecular formula is C26H36ClN3O4S. The number of carbonyl (C=O) groups excluding carboxylic acids is 2. The summed E-state index contributed by atoms with van der Waals surface area (Å²) >= 11 is 6.11. The van der Waals surface area contributed by atoms with Crippen molar-refractivity contribution in [3.8, 4) is 0 Å². The van der Waals surface area contributed by atoms with Gasteiger partial charge in [-0.05, 0) is 74.6 Å². The minimum atomic E-state index is -3.53. The molecular weight excluding hydrogens is 486 g/mol. The summed E-state index contributed by atoms with van der Waals surface area (Å²) in [7, 11) is -3.53. The van der Waals surface area contributed by atoms with Crippen molar-refractivity contribution >= 4 is 39.1 Å². The van der Waals surface area contributed by atoms with E-state index >= 15 is 0 Å². The molecule has 0 bridgehead atoms. The molecule has 0 aliphatic heterocycles. The van der Waals surface area contributed by atoms with Crippen molar-refractivity contribution in [2.45, 2.75) is 59.5 Å². The minimum Gasteiger partial charge on any atom is -0.354 e. The number of aryl methyl sites for hydroxylation is 2. The third-order valence-corrected chi connectivity index (χ3v) is 7.03. The molecule has 0 aromatic heterocycles. The lowest BCUT2D eigenvalue weighted by Gasteiger charge is -2.29. The molecule has 0 fully saturated rings. The van der Waals surface area contributed by atoms with Crippen molar-refractivity contribution in [1.29, 1.82) is 0 Å². The lowest BCUT2D eigenvalue weighted by molar-refractivity contribution is -0.140. The first-order chi connectivity index (χ1) is 16.4. The topological polar surface area (TPSA) is 86.8 Å². The summed E-state index contributed by atoms with van der Waals surface area (Å²) in [5, 5.41) is 3.40. The van der Waals surface area contributed by atoms with E-state index in [9.17, 15) is 18.0 Å². The van der Waals surface area contributed by atoms with Crippen molar-refractivity contribution in [1.82, 2.24) is 10.2 Å². The lowest BCUT2D eigenvalue weighted by atomic mass is 10.1. The molecule has 192 valence electrons. The zero-order valence-corrected chi connectivity index (χ0v) is 22.7. The number of anilines is 1. The van der Waals surface area contributed by atoms with E-state index in [0.717, 1.165) is 29.4 Å². The Bertz CT molecular complexity index is 1120. The number of halogens is 1. The van der Waals surface area contributed by atoms with Crippen LogP contribution >= 0.6 is 11.6 Å². The highest BCUT2D eigenvalue weighted by Crippen LogP contribution is 2.22. The van der Waals surface area contributed by atoms with Crippen LogP contribution in [0.15, 0.2) is 42.5 Å². The van der Waals surface area contributed by atoms with Gasteiger partial charge in [-0.3, -0.25) is 13.9 Å². The first kappa shape index (κ1) is 28.7. The summed E-state index contributed by atoms with van der Waals surface area (Å²) in [6.07, 6.45) is 2.37. The van der Waals surface area contributed by atoms with Crippen LogP contribution in [-0.4, -0.2) is 50.5 Å². The number of benzene rings is 2. The smallest absolute Gasteiger partial charge is 0.242 e. The molecule has 35 heavy (non-hydrogen) atoms. The quantitative estimate of drug-likeness (QED) is 0.447. The Morgan fingerprint density at radius 1 is 1.09 bits per heavy atom. The number of hydrogen-bond donors (Lipinski definition) is 1. The molecule has 2 aromatic carbocycles. The second-order valence-corrected chi connectivity index (χ2v) is 11.2. The van der Waals surface area contributed by atoms with Crippen LogP contribution in [0.4, 0.5) is 5.69 Å². The Hall–Kier alpha value is -2.58. The molecule has 0 aliphatic carbocycles. The Kier molecular flexibility index (Phi) is 10.6. The molecule has 0 saturated carbocycles. The van der Waals surface area contributed by atoms with Gasteiger partial charge in [-0.1, -0.05) is 36.7 Å². The van der Waals surface area contributed by atoms with Crippen LogP contribution in [0.1, 0.15) is 49.8 Å². The highest BCUT2D eigenvalue weighted by atomic mass is 35.5. The molecule has 9 heteroatoms. The standard InChI is InChI=1S/C26H36ClN3O4S/c1-6-12-28-26(32)21(4)29(18-22-9-7-10-23(27)17-22)25(31)11-8-13-30(35(5,33)34)24-15-19(2)14-20(3)16-24/h7,9-10,14-17,21H,6,8,11-13,18H2,1-5H3,(H,28,32). The highest BCUT2D eigenvalue weighted by Gasteiger charge is 2.26. The van der Waals surface area contributed by atoms with Crippen molar-refractivity contribution in [2.75, 3.05) is 23.7 Å². The van der Waals surface area contributed by atoms with Crippen molar-refractivity contribution in [3.63, 3.8) is 0 Å². The number of hydrogen-bond acceptors (Lipinski definition) is 4. The predicted octanol–water partition coefficient (Wildman–Crippen LogP) is 4.45. The number of nitrogens with zero attached hydrogens (tertiary/aromatic N) is 2. The molecule has 1 atom stereocenters. The zero-order chi connectivity index (χ0) is 26.2. The number of carbonyl (C=O) groups is 2. The number of rotatable bonds is 12. The second kappa shape index (κ2) is 12.9. The fraction of sp³-hybridized carbons (Fsp3) is 0.462. The average molecular weight is 522 g/mol. The van der Waals surface area contributed by atoms with Gasteiger partial charge in [0.05, 0.1) is 11.9 Å². The van der Waals surface area contributed by atoms with Gasteiger partial charge in [0.25, 0.3) is 0 Å². The Balaban J connectivity index is 2.18. The van der Waals surface area contributed by atoms with Gasteiger partial charge in [0.1, 0.15) is 6.04 Å². The maximum Gasteiger partial charge on any atom is 0.242 e. The molecule has 7 nitrogen and oxygen atoms in total. The van der Waals surface area contributed by atoms with E-state index in [1.54, 1.807) is 25.1 Å². The lowest BCUT2D eigenvalue weighted by Crippen LogP contribution is -2.47. The SMILES string of the molecule is CCCNC(=O)C(C)N(Cc1cccc(Cl)c1)C(=O)CCCN(c1cc(C)cc(C)c1)S(C)(=O)=O. The van der Waals surface area contributed by atoms with E-state index in [0.29, 0.717) is 23.7 Å². The van der Waals surface area contributed by atoms with Gasteiger partial charge in [0, 0.05) is 31.1 Å². The van der Waals surface area contributed by atoms with E-state index < -0.39 is 16.1 Å². The fourth-order valence-corrected chi connectivity index (χ4v) is 5.07. The summed E-state index contributed by atoms with van der Waals surface area (Å²) in [4.78, 5) is 27.4. The minimum absolute atomic E-state index is 0.1000. The second-order valence-electron chi connectivity index (χ2n) is 8.90. The van der Waals surface area contributed by atoms with Crippen LogP contribution < -0.4 is 9.62 Å². The highest BCUT2D eigenvalue weighted by molar-refractivity contribution is 7.92. The predicted molar refractivity (Wildman–Crippen MR) is 142 cm³/mol. The zero-order valence-electron chi connectivity index (χ0n) is 21.2. The summed E-state index contributed by atoms with van der Waals surface area (Å²) in [6.45, 7) is 8.41. The number of amides is 2. The molecule has 2 rings (SSSR count). The maximum atomic E-state index is 13.3. The Morgan fingerprint density at radius 3 is 2.31 bits per heavy atom. The largest absolute Gasteiger partial charge is 0.354 e. The summed E-state index contributed by atoms with van der Waals surface area (Å²) in [5.74, 6) is -0.451. The van der Waals surface area contributed by atoms with Crippen LogP contribution in [0.3, 0.4) is 0 Å². The summed E-state index contributed by atoms with van der Waals surface area (Å²) in [6, 6.07) is 12.1. The van der Waals surface area contributed by atoms with Crippen molar-refractivity contribution in [3.05, 3.63) is 64.2 Å². The molecule has 0 aliphatic rings. The van der Waals surface area contributed by atoms with Gasteiger partial charge in [-0.25, -0.2) is 8.42 Å². The van der Waals surface area contributed by atoms with Crippen molar-refractivity contribution < 1.29 is 18.0 Å². The third kappa shape index (κ3) is 8.85. The van der Waals surface area contributed by atoms with Crippen LogP contribution in [0.25, 0.3) is 0 Å². The van der Waals surface area contributed by atoms with Gasteiger partial charge < -0.3 is 10.2 Å². The van der Waals surface area contributed by atoms with E-state index in [-0.39, 0.29) is 31.3 Å². The molecule has 0 radical (unpaired) electrons. The summed E-state index contributed by atoms with van der Waals surface area (Å²) in [5.41, 5.74) is 3.32. The first-order valence-corrected chi connectivity index (χ1v) is 14.0. The van der Waals surface area contributed by atoms with E-state index in [2.05, 4.69) is 5.32 Å². The van der Waals surface area contributed by atoms with Crippen LogP contribution in [0.2, 0.25) is 5.02 Å². The maximum absolute atomic E-state index is 13.3. The average Bonchev–Trinajstić information content (AvgIpc) is 2.76. The van der Waals surface area contributed by atoms with Gasteiger partial charge >= 0.3 is 0 Å². The molecule has 0 saturated heterocycles. The Labute approximate surface area is 214 Å². The van der Waals surface area contributed by atoms with Crippen molar-refractivity contribution in [2.24, 2.45) is 0 Å². The summed E-state index contributed by atoms with van der Waals surface area (Å²) < 4.78 is 26.3. The van der Waals surface area contributed by atoms with Gasteiger partial charge in [-0.15, -0.1) is 0 Å². The van der Waals surface area contributed by atoms with Gasteiger partial charge in [0.15, 0.2) is 0 Å².